The molecule has 0 aliphatic carbocycles. The molecule has 4 fully saturated rings. The van der Waals surface area contributed by atoms with Crippen molar-refractivity contribution in [1.82, 2.24) is 5.32 Å². The maximum Gasteiger partial charge on any atom is 0.217 e. The lowest BCUT2D eigenvalue weighted by Gasteiger charge is -2.49. The monoisotopic (exact) mass is 707 g/mol. The van der Waals surface area contributed by atoms with E-state index in [0.717, 1.165) is 6.92 Å². The molecule has 14 N–H and O–H groups in total. The third kappa shape index (κ3) is 8.24. The number of carbonyl (C=O) groups is 1. The molecule has 4 rings (SSSR count). The number of aliphatic hydroxyl groups excluding tert-OH is 13. The minimum absolute atomic E-state index is 0.689. The van der Waals surface area contributed by atoms with Crippen LogP contribution in [0.15, 0.2) is 0 Å². The Balaban J connectivity index is 1.55. The van der Waals surface area contributed by atoms with Gasteiger partial charge in [-0.25, -0.2) is 0 Å². The molecule has 20 atom stereocenters. The van der Waals surface area contributed by atoms with E-state index in [9.17, 15) is 71.2 Å². The summed E-state index contributed by atoms with van der Waals surface area (Å²) >= 11 is 0. The minimum Gasteiger partial charge on any atom is -0.394 e. The Morgan fingerprint density at radius 1 is 0.542 bits per heavy atom. The standard InChI is InChI=1S/C26H45NO21/c1-6(31)27-11-15(35)21(47-25-20(40)17(37)12(32)7(2-28)44-25)9(4-30)46-24(11)48-22-18(38)13(33)8(3-29)45-26(22)42-5-10-14(34)16(36)19(39)23(41)43-10/h7-26,28-30,32-41H,2-5H2,1H3,(H,27,31)/t7-,8-,9-,10-,11-,12+,13-,14-,15-,16+,17+,18+,19+,20-,21-,22+,23-,24+,25+,26+/m1/s1. The van der Waals surface area contributed by atoms with Crippen molar-refractivity contribution >= 4 is 5.91 Å². The molecule has 0 spiro atoms. The fraction of sp³-hybridized carbons (Fsp3) is 0.962. The van der Waals surface area contributed by atoms with Crippen LogP contribution < -0.4 is 5.32 Å². The third-order valence-corrected chi connectivity index (χ3v) is 8.59. The topological polar surface area (TPSA) is 357 Å². The van der Waals surface area contributed by atoms with Crippen molar-refractivity contribution in [3.8, 4) is 0 Å². The van der Waals surface area contributed by atoms with Gasteiger partial charge in [-0.15, -0.1) is 0 Å². The second-order valence-electron chi connectivity index (χ2n) is 11.9. The second-order valence-corrected chi connectivity index (χ2v) is 11.9. The number of hydrogen-bond acceptors (Lipinski definition) is 21. The highest BCUT2D eigenvalue weighted by atomic mass is 16.8. The van der Waals surface area contributed by atoms with Gasteiger partial charge < -0.3 is 105 Å². The van der Waals surface area contributed by atoms with Gasteiger partial charge in [0.05, 0.1) is 26.4 Å². The molecule has 0 saturated carbocycles. The summed E-state index contributed by atoms with van der Waals surface area (Å²) in [6.45, 7) is -2.16. The molecular formula is C26H45NO21. The van der Waals surface area contributed by atoms with Crippen LogP contribution in [0.1, 0.15) is 6.92 Å². The van der Waals surface area contributed by atoms with Crippen LogP contribution in [0, 0.1) is 0 Å². The number of nitrogens with one attached hydrogen (secondary N) is 1. The number of amides is 1. The van der Waals surface area contributed by atoms with Gasteiger partial charge in [0.15, 0.2) is 25.2 Å². The summed E-state index contributed by atoms with van der Waals surface area (Å²) in [6, 6.07) is -1.60. The van der Waals surface area contributed by atoms with Crippen LogP contribution in [0.5, 0.6) is 0 Å². The molecule has 0 unspecified atom stereocenters. The number of rotatable bonds is 11. The summed E-state index contributed by atoms with van der Waals surface area (Å²) in [6.07, 6.45) is -33.1. The van der Waals surface area contributed by atoms with Gasteiger partial charge >= 0.3 is 0 Å². The average Bonchev–Trinajstić information content (AvgIpc) is 3.06. The predicted octanol–water partition coefficient (Wildman–Crippen LogP) is -9.61. The zero-order valence-electron chi connectivity index (χ0n) is 25.5. The van der Waals surface area contributed by atoms with Crippen LogP contribution >= 0.6 is 0 Å². The maximum atomic E-state index is 12.2. The Bertz CT molecular complexity index is 1030. The lowest BCUT2D eigenvalue weighted by Crippen LogP contribution is -2.69. The van der Waals surface area contributed by atoms with Gasteiger partial charge in [0, 0.05) is 6.92 Å². The van der Waals surface area contributed by atoms with Crippen molar-refractivity contribution in [2.24, 2.45) is 0 Å². The van der Waals surface area contributed by atoms with E-state index < -0.39 is 155 Å². The molecule has 0 aromatic rings. The van der Waals surface area contributed by atoms with Gasteiger partial charge in [-0.05, 0) is 0 Å². The van der Waals surface area contributed by atoms with Crippen molar-refractivity contribution in [2.45, 2.75) is 130 Å². The number of ether oxygens (including phenoxy) is 7. The van der Waals surface area contributed by atoms with Crippen molar-refractivity contribution in [3.63, 3.8) is 0 Å². The van der Waals surface area contributed by atoms with Gasteiger partial charge in [-0.3, -0.25) is 4.79 Å². The average molecular weight is 708 g/mol. The van der Waals surface area contributed by atoms with Gasteiger partial charge in [0.1, 0.15) is 97.6 Å². The highest BCUT2D eigenvalue weighted by Gasteiger charge is 2.54. The molecule has 22 heteroatoms. The smallest absolute Gasteiger partial charge is 0.217 e. The van der Waals surface area contributed by atoms with E-state index in [1.165, 1.54) is 0 Å². The SMILES string of the molecule is CC(=O)N[C@H]1[C@H](O[C@@H]2[C@@H](OC[C@H]3O[C@@H](O)[C@@H](O)[C@@H](O)[C@@H]3O)O[C@H](CO)[C@@H](O)[C@@H]2O)O[C@H](CO)[C@@H](O[C@@H]2O[C@H](CO)[C@H](O)[C@H](O)[C@H]2O)[C@@H]1O. The number of hydrogen-bond donors (Lipinski definition) is 14. The Hall–Kier alpha value is -1.33. The summed E-state index contributed by atoms with van der Waals surface area (Å²) in [5.74, 6) is -0.748. The summed E-state index contributed by atoms with van der Waals surface area (Å²) in [5, 5.41) is 135. The molecule has 1 amide bonds. The lowest BCUT2D eigenvalue weighted by molar-refractivity contribution is -0.375. The molecule has 22 nitrogen and oxygen atoms in total. The van der Waals surface area contributed by atoms with Crippen LogP contribution in [0.2, 0.25) is 0 Å². The van der Waals surface area contributed by atoms with E-state index in [2.05, 4.69) is 5.32 Å². The fourth-order valence-corrected chi connectivity index (χ4v) is 5.82. The highest BCUT2D eigenvalue weighted by Crippen LogP contribution is 2.33. The minimum atomic E-state index is -1.93. The lowest BCUT2D eigenvalue weighted by atomic mass is 9.94. The van der Waals surface area contributed by atoms with Crippen molar-refractivity contribution in [1.29, 1.82) is 0 Å². The zero-order valence-corrected chi connectivity index (χ0v) is 25.5. The van der Waals surface area contributed by atoms with Gasteiger partial charge in [0.25, 0.3) is 0 Å². The molecule has 0 radical (unpaired) electrons. The maximum absolute atomic E-state index is 12.2. The Labute approximate surface area is 272 Å². The molecular weight excluding hydrogens is 662 g/mol. The third-order valence-electron chi connectivity index (χ3n) is 8.59. The van der Waals surface area contributed by atoms with E-state index in [-0.39, 0.29) is 0 Å². The van der Waals surface area contributed by atoms with Crippen LogP contribution in [-0.2, 0) is 38.0 Å². The molecule has 0 bridgehead atoms. The first-order valence-electron chi connectivity index (χ1n) is 15.1. The number of aliphatic hydroxyl groups is 13. The predicted molar refractivity (Wildman–Crippen MR) is 145 cm³/mol. The van der Waals surface area contributed by atoms with E-state index in [1.807, 2.05) is 0 Å². The van der Waals surface area contributed by atoms with Crippen molar-refractivity contribution in [2.75, 3.05) is 26.4 Å². The van der Waals surface area contributed by atoms with Crippen LogP contribution in [0.4, 0.5) is 0 Å². The Kier molecular flexibility index (Phi) is 13.8. The summed E-state index contributed by atoms with van der Waals surface area (Å²) in [7, 11) is 0. The summed E-state index contributed by atoms with van der Waals surface area (Å²) in [4.78, 5) is 12.2. The van der Waals surface area contributed by atoms with E-state index in [4.69, 9.17) is 33.2 Å². The molecule has 280 valence electrons. The zero-order chi connectivity index (χ0) is 35.6. The molecule has 4 heterocycles. The van der Waals surface area contributed by atoms with E-state index >= 15 is 0 Å². The van der Waals surface area contributed by atoms with Crippen LogP contribution in [-0.4, -0.2) is 221 Å². The van der Waals surface area contributed by atoms with Gasteiger partial charge in [-0.1, -0.05) is 0 Å². The molecule has 4 aliphatic rings. The second kappa shape index (κ2) is 16.8. The van der Waals surface area contributed by atoms with Gasteiger partial charge in [-0.2, -0.15) is 0 Å². The Morgan fingerprint density at radius 2 is 1.04 bits per heavy atom. The summed E-state index contributed by atoms with van der Waals surface area (Å²) < 4.78 is 38.8. The largest absolute Gasteiger partial charge is 0.394 e. The van der Waals surface area contributed by atoms with Crippen molar-refractivity contribution in [3.05, 3.63) is 0 Å². The van der Waals surface area contributed by atoms with E-state index in [1.54, 1.807) is 0 Å². The normalized spacial score (nSPS) is 50.2. The number of carbonyl (C=O) groups excluding carboxylic acids is 1. The fourth-order valence-electron chi connectivity index (χ4n) is 5.82. The highest BCUT2D eigenvalue weighted by molar-refractivity contribution is 5.73. The first kappa shape index (κ1) is 39.5. The summed E-state index contributed by atoms with van der Waals surface area (Å²) in [5.41, 5.74) is 0. The molecule has 48 heavy (non-hydrogen) atoms. The van der Waals surface area contributed by atoms with Crippen LogP contribution in [0.25, 0.3) is 0 Å². The van der Waals surface area contributed by atoms with Crippen molar-refractivity contribution < 1.29 is 104 Å². The van der Waals surface area contributed by atoms with E-state index in [0.29, 0.717) is 0 Å². The molecule has 0 aromatic heterocycles. The van der Waals surface area contributed by atoms with Gasteiger partial charge in [0.2, 0.25) is 5.91 Å². The van der Waals surface area contributed by atoms with Crippen LogP contribution in [0.3, 0.4) is 0 Å². The molecule has 0 aromatic carbocycles. The Morgan fingerprint density at radius 3 is 1.62 bits per heavy atom. The first-order valence-corrected chi connectivity index (χ1v) is 15.1. The molecule has 4 aliphatic heterocycles. The first-order chi connectivity index (χ1) is 22.6. The molecule has 4 saturated heterocycles. The quantitative estimate of drug-likeness (QED) is 0.0947.